The minimum atomic E-state index is -0.0182. The van der Waals surface area contributed by atoms with Crippen molar-refractivity contribution in [2.45, 2.75) is 39.7 Å². The summed E-state index contributed by atoms with van der Waals surface area (Å²) in [5.74, 6) is 1.59. The number of hydrogen-bond acceptors (Lipinski definition) is 6. The third kappa shape index (κ3) is 5.22. The highest BCUT2D eigenvalue weighted by molar-refractivity contribution is 7.19. The number of likely N-dealkylation sites (tertiary alicyclic amines) is 1. The lowest BCUT2D eigenvalue weighted by atomic mass is 9.93. The first-order valence-electron chi connectivity index (χ1n) is 12.2. The lowest BCUT2D eigenvalue weighted by Crippen LogP contribution is -2.39. The van der Waals surface area contributed by atoms with Gasteiger partial charge < -0.3 is 9.72 Å². The number of ether oxygens (including phenoxy) is 1. The molecule has 176 valence electrons. The van der Waals surface area contributed by atoms with E-state index in [1.54, 1.807) is 11.3 Å². The predicted molar refractivity (Wildman–Crippen MR) is 135 cm³/mol. The summed E-state index contributed by atoms with van der Waals surface area (Å²) >= 11 is 1.63. The number of fused-ring (bicyclic) bond motifs is 1. The molecular weight excluding hydrogens is 432 g/mol. The molecule has 2 aromatic heterocycles. The van der Waals surface area contributed by atoms with E-state index in [0.717, 1.165) is 83.9 Å². The smallest absolute Gasteiger partial charge is 0.260 e. The van der Waals surface area contributed by atoms with Gasteiger partial charge in [-0.15, -0.1) is 11.3 Å². The van der Waals surface area contributed by atoms with E-state index in [9.17, 15) is 4.79 Å². The van der Waals surface area contributed by atoms with E-state index in [4.69, 9.17) is 9.72 Å². The maximum absolute atomic E-state index is 13.1. The van der Waals surface area contributed by atoms with Gasteiger partial charge in [-0.05, 0) is 64.2 Å². The van der Waals surface area contributed by atoms with Gasteiger partial charge >= 0.3 is 0 Å². The Morgan fingerprint density at radius 3 is 2.52 bits per heavy atom. The summed E-state index contributed by atoms with van der Waals surface area (Å²) < 4.78 is 5.45. The molecule has 5 rings (SSSR count). The van der Waals surface area contributed by atoms with Gasteiger partial charge in [-0.25, -0.2) is 4.98 Å². The minimum Gasteiger partial charge on any atom is -0.379 e. The highest BCUT2D eigenvalue weighted by atomic mass is 32.1. The second-order valence-electron chi connectivity index (χ2n) is 9.55. The SMILES string of the molecule is Cc1ccc(-c2c(C)sc3nc(CN4CCC(CCN5CCOCC5)CC4)[nH]c(=O)c23)cc1. The Kier molecular flexibility index (Phi) is 6.92. The molecule has 2 aliphatic rings. The van der Waals surface area contributed by atoms with Crippen molar-refractivity contribution in [1.29, 1.82) is 0 Å². The van der Waals surface area contributed by atoms with Crippen LogP contribution in [0.5, 0.6) is 0 Å². The molecule has 0 unspecified atom stereocenters. The molecule has 2 aliphatic heterocycles. The van der Waals surface area contributed by atoms with Crippen LogP contribution in [0.4, 0.5) is 0 Å². The van der Waals surface area contributed by atoms with Crippen molar-refractivity contribution < 1.29 is 4.74 Å². The molecule has 6 nitrogen and oxygen atoms in total. The fourth-order valence-corrected chi connectivity index (χ4v) is 6.21. The summed E-state index contributed by atoms with van der Waals surface area (Å²) in [6, 6.07) is 8.39. The van der Waals surface area contributed by atoms with Crippen molar-refractivity contribution in [1.82, 2.24) is 19.8 Å². The van der Waals surface area contributed by atoms with Crippen molar-refractivity contribution >= 4 is 21.6 Å². The average Bonchev–Trinajstić information content (AvgIpc) is 3.16. The fourth-order valence-electron chi connectivity index (χ4n) is 5.14. The number of morpholine rings is 1. The van der Waals surface area contributed by atoms with Crippen LogP contribution in [0.3, 0.4) is 0 Å². The maximum Gasteiger partial charge on any atom is 0.260 e. The van der Waals surface area contributed by atoms with Gasteiger partial charge in [0.1, 0.15) is 10.7 Å². The largest absolute Gasteiger partial charge is 0.379 e. The van der Waals surface area contributed by atoms with Crippen LogP contribution in [-0.2, 0) is 11.3 Å². The summed E-state index contributed by atoms with van der Waals surface area (Å²) in [4.78, 5) is 28.0. The molecule has 0 amide bonds. The standard InChI is InChI=1S/C26H34N4O2S/c1-18-3-5-21(6-4-18)23-19(2)33-26-24(23)25(31)27-22(28-26)17-30-11-8-20(9-12-30)7-10-29-13-15-32-16-14-29/h3-6,20H,7-17H2,1-2H3,(H,27,28,31). The van der Waals surface area contributed by atoms with Gasteiger partial charge in [0.05, 0.1) is 25.1 Å². The number of nitrogens with one attached hydrogen (secondary N) is 1. The van der Waals surface area contributed by atoms with Gasteiger partial charge in [-0.1, -0.05) is 29.8 Å². The fraction of sp³-hybridized carbons (Fsp3) is 0.538. The number of aryl methyl sites for hydroxylation is 2. The Balaban J connectivity index is 1.23. The number of hydrogen-bond donors (Lipinski definition) is 1. The van der Waals surface area contributed by atoms with E-state index < -0.39 is 0 Å². The summed E-state index contributed by atoms with van der Waals surface area (Å²) in [6.45, 7) is 12.1. The number of benzene rings is 1. The molecule has 1 N–H and O–H groups in total. The zero-order valence-electron chi connectivity index (χ0n) is 19.7. The van der Waals surface area contributed by atoms with Crippen LogP contribution in [0.2, 0.25) is 0 Å². The van der Waals surface area contributed by atoms with Crippen molar-refractivity contribution in [3.05, 3.63) is 50.9 Å². The van der Waals surface area contributed by atoms with E-state index >= 15 is 0 Å². The summed E-state index contributed by atoms with van der Waals surface area (Å²) in [6.07, 6.45) is 3.74. The first-order chi connectivity index (χ1) is 16.1. The number of aromatic amines is 1. The number of aromatic nitrogens is 2. The summed E-state index contributed by atoms with van der Waals surface area (Å²) in [5.41, 5.74) is 3.31. The van der Waals surface area contributed by atoms with Crippen molar-refractivity contribution in [2.24, 2.45) is 5.92 Å². The Morgan fingerprint density at radius 2 is 1.79 bits per heavy atom. The predicted octanol–water partition coefficient (Wildman–Crippen LogP) is 4.20. The molecule has 7 heteroatoms. The van der Waals surface area contributed by atoms with E-state index in [1.165, 1.54) is 31.4 Å². The van der Waals surface area contributed by atoms with Crippen molar-refractivity contribution in [3.63, 3.8) is 0 Å². The molecule has 33 heavy (non-hydrogen) atoms. The molecule has 0 atom stereocenters. The quantitative estimate of drug-likeness (QED) is 0.590. The molecular formula is C26H34N4O2S. The van der Waals surface area contributed by atoms with Crippen molar-refractivity contribution in [3.8, 4) is 11.1 Å². The Hall–Kier alpha value is -2.06. The maximum atomic E-state index is 13.1. The van der Waals surface area contributed by atoms with Gasteiger partial charge in [-0.3, -0.25) is 14.6 Å². The molecule has 0 saturated carbocycles. The molecule has 1 aromatic carbocycles. The minimum absolute atomic E-state index is 0.0182. The van der Waals surface area contributed by atoms with Crippen molar-refractivity contribution in [2.75, 3.05) is 45.9 Å². The highest BCUT2D eigenvalue weighted by Gasteiger charge is 2.22. The van der Waals surface area contributed by atoms with Gasteiger partial charge in [0.2, 0.25) is 0 Å². The topological polar surface area (TPSA) is 61.5 Å². The van der Waals surface area contributed by atoms with E-state index in [2.05, 4.69) is 52.9 Å². The average molecular weight is 467 g/mol. The number of piperidine rings is 1. The van der Waals surface area contributed by atoms with Crippen LogP contribution in [0.25, 0.3) is 21.3 Å². The normalized spacial score (nSPS) is 18.8. The van der Waals surface area contributed by atoms with Crippen LogP contribution in [0.15, 0.2) is 29.1 Å². The lowest BCUT2D eigenvalue weighted by Gasteiger charge is -2.33. The first-order valence-corrected chi connectivity index (χ1v) is 13.0. The van der Waals surface area contributed by atoms with E-state index in [0.29, 0.717) is 0 Å². The van der Waals surface area contributed by atoms with Crippen LogP contribution in [0.1, 0.15) is 35.5 Å². The molecule has 0 aliphatic carbocycles. The van der Waals surface area contributed by atoms with Gasteiger partial charge in [0, 0.05) is 23.5 Å². The van der Waals surface area contributed by atoms with E-state index in [1.807, 2.05) is 0 Å². The molecule has 0 spiro atoms. The molecule has 2 fully saturated rings. The second kappa shape index (κ2) is 10.1. The number of nitrogens with zero attached hydrogens (tertiary/aromatic N) is 3. The molecule has 3 aromatic rings. The third-order valence-corrected chi connectivity index (χ3v) is 8.16. The van der Waals surface area contributed by atoms with E-state index in [-0.39, 0.29) is 5.56 Å². The summed E-state index contributed by atoms with van der Waals surface area (Å²) in [5, 5.41) is 0.729. The molecule has 2 saturated heterocycles. The molecule has 4 heterocycles. The van der Waals surface area contributed by atoms with Crippen LogP contribution < -0.4 is 5.56 Å². The monoisotopic (exact) mass is 466 g/mol. The lowest BCUT2D eigenvalue weighted by molar-refractivity contribution is 0.0334. The van der Waals surface area contributed by atoms with Gasteiger partial charge in [0.25, 0.3) is 5.56 Å². The Morgan fingerprint density at radius 1 is 1.06 bits per heavy atom. The Labute approximate surface area is 199 Å². The first kappa shape index (κ1) is 22.7. The van der Waals surface area contributed by atoms with Gasteiger partial charge in [0.15, 0.2) is 0 Å². The molecule has 0 radical (unpaired) electrons. The number of thiophene rings is 1. The molecule has 0 bridgehead atoms. The van der Waals surface area contributed by atoms with Gasteiger partial charge in [-0.2, -0.15) is 0 Å². The second-order valence-corrected chi connectivity index (χ2v) is 10.8. The summed E-state index contributed by atoms with van der Waals surface area (Å²) in [7, 11) is 0. The number of rotatable bonds is 6. The Bertz CT molecular complexity index is 1140. The van der Waals surface area contributed by atoms with Crippen LogP contribution >= 0.6 is 11.3 Å². The van der Waals surface area contributed by atoms with Crippen LogP contribution in [-0.4, -0.2) is 65.7 Å². The number of H-pyrrole nitrogens is 1. The van der Waals surface area contributed by atoms with Crippen LogP contribution in [0, 0.1) is 19.8 Å². The zero-order chi connectivity index (χ0) is 22.8. The zero-order valence-corrected chi connectivity index (χ0v) is 20.5. The third-order valence-electron chi connectivity index (χ3n) is 7.17. The highest BCUT2D eigenvalue weighted by Crippen LogP contribution is 2.35.